The van der Waals surface area contributed by atoms with Crippen molar-refractivity contribution in [1.29, 1.82) is 0 Å². The Labute approximate surface area is 123 Å². The van der Waals surface area contributed by atoms with Gasteiger partial charge in [-0.05, 0) is 47.0 Å². The van der Waals surface area contributed by atoms with Gasteiger partial charge in [0.1, 0.15) is 0 Å². The van der Waals surface area contributed by atoms with E-state index in [0.717, 1.165) is 9.80 Å². The summed E-state index contributed by atoms with van der Waals surface area (Å²) in [5.74, 6) is 0.261. The van der Waals surface area contributed by atoms with Gasteiger partial charge in [0, 0.05) is 20.9 Å². The Morgan fingerprint density at radius 2 is 2.12 bits per heavy atom. The molecule has 1 aromatic rings. The summed E-state index contributed by atoms with van der Waals surface area (Å²) in [6.07, 6.45) is 0. The molecule has 2 atom stereocenters. The Balaban J connectivity index is 2.79. The van der Waals surface area contributed by atoms with E-state index < -0.39 is 0 Å². The average molecular weight is 384 g/mol. The van der Waals surface area contributed by atoms with E-state index in [-0.39, 0.29) is 11.9 Å². The number of benzene rings is 1. The summed E-state index contributed by atoms with van der Waals surface area (Å²) in [4.78, 5) is 12.0. The van der Waals surface area contributed by atoms with Gasteiger partial charge in [-0.15, -0.1) is 0 Å². The number of hydrogen-bond acceptors (Lipinski definition) is 1. The second-order valence-electron chi connectivity index (χ2n) is 4.02. The van der Waals surface area contributed by atoms with E-state index in [9.17, 15) is 4.79 Å². The zero-order valence-electron chi connectivity index (χ0n) is 9.64. The third kappa shape index (κ3) is 4.27. The van der Waals surface area contributed by atoms with E-state index >= 15 is 0 Å². The van der Waals surface area contributed by atoms with E-state index in [1.807, 2.05) is 6.92 Å². The monoisotopic (exact) mass is 381 g/mol. The van der Waals surface area contributed by atoms with Crippen molar-refractivity contribution in [2.75, 3.05) is 5.33 Å². The molecule has 1 rings (SSSR count). The smallest absolute Gasteiger partial charge is 0.252 e. The highest BCUT2D eigenvalue weighted by Gasteiger charge is 2.16. The van der Waals surface area contributed by atoms with Crippen molar-refractivity contribution in [3.8, 4) is 0 Å². The molecule has 0 radical (unpaired) electrons. The number of carbonyl (C=O) groups is 1. The fraction of sp³-hybridized carbons (Fsp3) is 0.417. The van der Waals surface area contributed by atoms with Crippen LogP contribution in [-0.2, 0) is 0 Å². The summed E-state index contributed by atoms with van der Waals surface area (Å²) in [6.45, 7) is 4.06. The van der Waals surface area contributed by atoms with Gasteiger partial charge in [-0.3, -0.25) is 4.79 Å². The molecule has 1 N–H and O–H groups in total. The van der Waals surface area contributed by atoms with Gasteiger partial charge in [0.05, 0.1) is 5.56 Å². The Bertz CT molecular complexity index is 411. The minimum Gasteiger partial charge on any atom is -0.349 e. The third-order valence-electron chi connectivity index (χ3n) is 2.63. The van der Waals surface area contributed by atoms with E-state index in [2.05, 4.69) is 44.1 Å². The Kier molecular flexibility index (Phi) is 5.97. The van der Waals surface area contributed by atoms with Gasteiger partial charge >= 0.3 is 0 Å². The largest absolute Gasteiger partial charge is 0.349 e. The molecule has 2 unspecified atom stereocenters. The van der Waals surface area contributed by atoms with Crippen molar-refractivity contribution in [1.82, 2.24) is 5.32 Å². The van der Waals surface area contributed by atoms with Crippen LogP contribution in [0.2, 0.25) is 5.02 Å². The first-order valence-corrected chi connectivity index (χ1v) is 7.56. The second-order valence-corrected chi connectivity index (χ2v) is 5.96. The highest BCUT2D eigenvalue weighted by molar-refractivity contribution is 9.10. The van der Waals surface area contributed by atoms with Crippen LogP contribution in [0.3, 0.4) is 0 Å². The van der Waals surface area contributed by atoms with Crippen LogP contribution in [-0.4, -0.2) is 17.3 Å². The van der Waals surface area contributed by atoms with Crippen molar-refractivity contribution in [3.05, 3.63) is 33.3 Å². The summed E-state index contributed by atoms with van der Waals surface area (Å²) in [6, 6.07) is 5.28. The Morgan fingerprint density at radius 3 is 2.71 bits per heavy atom. The molecule has 0 saturated carbocycles. The molecular weight excluding hydrogens is 369 g/mol. The minimum absolute atomic E-state index is 0.104. The van der Waals surface area contributed by atoms with Gasteiger partial charge in [0.25, 0.3) is 5.91 Å². The molecule has 94 valence electrons. The molecule has 1 aromatic carbocycles. The van der Waals surface area contributed by atoms with Crippen LogP contribution in [0.1, 0.15) is 24.2 Å². The van der Waals surface area contributed by atoms with E-state index in [1.165, 1.54) is 0 Å². The molecule has 0 heterocycles. The lowest BCUT2D eigenvalue weighted by Gasteiger charge is -2.19. The molecule has 0 fully saturated rings. The van der Waals surface area contributed by atoms with Gasteiger partial charge in [-0.2, -0.15) is 0 Å². The van der Waals surface area contributed by atoms with Crippen molar-refractivity contribution >= 4 is 49.4 Å². The quantitative estimate of drug-likeness (QED) is 0.774. The van der Waals surface area contributed by atoms with Crippen LogP contribution >= 0.6 is 43.5 Å². The molecular formula is C12H14Br2ClNO. The maximum Gasteiger partial charge on any atom is 0.252 e. The first kappa shape index (κ1) is 15.0. The van der Waals surface area contributed by atoms with E-state index in [0.29, 0.717) is 16.5 Å². The lowest BCUT2D eigenvalue weighted by atomic mass is 10.1. The molecule has 5 heteroatoms. The molecule has 0 aliphatic heterocycles. The number of rotatable bonds is 4. The normalized spacial score (nSPS) is 14.2. The Morgan fingerprint density at radius 1 is 1.47 bits per heavy atom. The molecule has 0 saturated heterocycles. The number of hydrogen-bond donors (Lipinski definition) is 1. The summed E-state index contributed by atoms with van der Waals surface area (Å²) in [5, 5.41) is 4.36. The van der Waals surface area contributed by atoms with Gasteiger partial charge in [-0.1, -0.05) is 34.5 Å². The summed E-state index contributed by atoms with van der Waals surface area (Å²) >= 11 is 12.6. The van der Waals surface area contributed by atoms with E-state index in [4.69, 9.17) is 11.6 Å². The summed E-state index contributed by atoms with van der Waals surface area (Å²) < 4.78 is 0.748. The summed E-state index contributed by atoms with van der Waals surface area (Å²) in [7, 11) is 0. The SMILES string of the molecule is CC(CBr)C(C)NC(=O)c1cc(Cl)ccc1Br. The van der Waals surface area contributed by atoms with Crippen LogP contribution in [0.25, 0.3) is 0 Å². The van der Waals surface area contributed by atoms with E-state index in [1.54, 1.807) is 18.2 Å². The molecule has 0 aromatic heterocycles. The molecule has 0 bridgehead atoms. The fourth-order valence-electron chi connectivity index (χ4n) is 1.23. The lowest BCUT2D eigenvalue weighted by Crippen LogP contribution is -2.37. The molecule has 0 aliphatic rings. The zero-order chi connectivity index (χ0) is 13.0. The second kappa shape index (κ2) is 6.76. The highest BCUT2D eigenvalue weighted by atomic mass is 79.9. The van der Waals surface area contributed by atoms with Crippen LogP contribution in [0.4, 0.5) is 0 Å². The standard InChI is InChI=1S/C12H14Br2ClNO/c1-7(6-13)8(2)16-12(17)10-5-9(15)3-4-11(10)14/h3-5,7-8H,6H2,1-2H3,(H,16,17). The summed E-state index contributed by atoms with van der Waals surface area (Å²) in [5.41, 5.74) is 0.561. The van der Waals surface area contributed by atoms with Crippen LogP contribution in [0.15, 0.2) is 22.7 Å². The molecule has 1 amide bonds. The molecule has 17 heavy (non-hydrogen) atoms. The van der Waals surface area contributed by atoms with Gasteiger partial charge < -0.3 is 5.32 Å². The third-order valence-corrected chi connectivity index (χ3v) is 4.58. The van der Waals surface area contributed by atoms with Gasteiger partial charge in [0.2, 0.25) is 0 Å². The maximum absolute atomic E-state index is 12.0. The van der Waals surface area contributed by atoms with Gasteiger partial charge in [0.15, 0.2) is 0 Å². The van der Waals surface area contributed by atoms with Crippen molar-refractivity contribution in [3.63, 3.8) is 0 Å². The first-order chi connectivity index (χ1) is 7.95. The predicted octanol–water partition coefficient (Wildman–Crippen LogP) is 4.25. The first-order valence-electron chi connectivity index (χ1n) is 5.27. The Hall–Kier alpha value is -0.0600. The number of alkyl halides is 1. The van der Waals surface area contributed by atoms with Crippen LogP contribution < -0.4 is 5.32 Å². The fourth-order valence-corrected chi connectivity index (χ4v) is 2.39. The van der Waals surface area contributed by atoms with Crippen LogP contribution in [0.5, 0.6) is 0 Å². The zero-order valence-corrected chi connectivity index (χ0v) is 13.6. The number of halogens is 3. The predicted molar refractivity (Wildman–Crippen MR) is 79.0 cm³/mol. The lowest BCUT2D eigenvalue weighted by molar-refractivity contribution is 0.0930. The van der Waals surface area contributed by atoms with Crippen molar-refractivity contribution < 1.29 is 4.79 Å². The van der Waals surface area contributed by atoms with Crippen molar-refractivity contribution in [2.45, 2.75) is 19.9 Å². The minimum atomic E-state index is -0.111. The number of amides is 1. The average Bonchev–Trinajstić information content (AvgIpc) is 2.30. The highest BCUT2D eigenvalue weighted by Crippen LogP contribution is 2.21. The molecule has 2 nitrogen and oxygen atoms in total. The number of nitrogens with one attached hydrogen (secondary N) is 1. The van der Waals surface area contributed by atoms with Crippen molar-refractivity contribution in [2.24, 2.45) is 5.92 Å². The molecule has 0 spiro atoms. The molecule has 0 aliphatic carbocycles. The maximum atomic E-state index is 12.0. The van der Waals surface area contributed by atoms with Crippen LogP contribution in [0, 0.1) is 5.92 Å². The van der Waals surface area contributed by atoms with Gasteiger partial charge in [-0.25, -0.2) is 0 Å². The number of carbonyl (C=O) groups excluding carboxylic acids is 1. The topological polar surface area (TPSA) is 29.1 Å².